The Hall–Kier alpha value is -0.870. The number of nitrogens with one attached hydrogen (secondary N) is 1. The maximum Gasteiger partial charge on any atom is 0.274 e. The number of likely N-dealkylation sites (tertiary alicyclic amines) is 1. The van der Waals surface area contributed by atoms with Gasteiger partial charge in [-0.1, -0.05) is 11.6 Å². The molecule has 2 rings (SSSR count). The first kappa shape index (κ1) is 19.2. The molecule has 1 amide bonds. The van der Waals surface area contributed by atoms with Gasteiger partial charge in [-0.05, 0) is 12.8 Å². The van der Waals surface area contributed by atoms with E-state index in [2.05, 4.69) is 29.4 Å². The van der Waals surface area contributed by atoms with E-state index in [1.165, 1.54) is 12.8 Å². The van der Waals surface area contributed by atoms with E-state index in [1.807, 2.05) is 0 Å². The summed E-state index contributed by atoms with van der Waals surface area (Å²) in [6.45, 7) is 1.70. The molecule has 0 radical (unpaired) electrons. The molecule has 22 heavy (non-hydrogen) atoms. The van der Waals surface area contributed by atoms with Crippen molar-refractivity contribution < 1.29 is 33.3 Å². The van der Waals surface area contributed by atoms with Crippen molar-refractivity contribution >= 4 is 29.1 Å². The van der Waals surface area contributed by atoms with Gasteiger partial charge >= 0.3 is 0 Å². The highest BCUT2D eigenvalue weighted by Crippen LogP contribution is 2.21. The van der Waals surface area contributed by atoms with Crippen molar-refractivity contribution in [2.45, 2.75) is 25.3 Å². The van der Waals surface area contributed by atoms with Crippen LogP contribution in [0.2, 0.25) is 5.15 Å². The number of aromatic nitrogens is 2. The normalized spacial score (nSPS) is 20.0. The van der Waals surface area contributed by atoms with Gasteiger partial charge in [0.25, 0.3) is 5.91 Å². The number of hydrogen-bond donors (Lipinski definition) is 3. The first-order chi connectivity index (χ1) is 9.81. The van der Waals surface area contributed by atoms with Gasteiger partial charge in [0.2, 0.25) is 0 Å². The number of rotatable bonds is 3. The molecular formula is C13H22ClIN6O. The summed E-state index contributed by atoms with van der Waals surface area (Å²) in [6, 6.07) is 0.390. The summed E-state index contributed by atoms with van der Waals surface area (Å²) < 4.78 is 0.907. The molecule has 1 saturated heterocycles. The molecular weight excluding hydrogens is 419 g/mol. The minimum absolute atomic E-state index is 0. The predicted octanol–water partition coefficient (Wildman–Crippen LogP) is -2.34. The summed E-state index contributed by atoms with van der Waals surface area (Å²) in [5.74, 6) is -0.352. The van der Waals surface area contributed by atoms with Crippen molar-refractivity contribution in [2.75, 3.05) is 38.7 Å². The van der Waals surface area contributed by atoms with Gasteiger partial charge in [-0.15, -0.1) is 0 Å². The molecule has 7 nitrogen and oxygen atoms in total. The SMILES string of the molecule is C[N+]1(C)CCCC[C@@H]1CNC(=O)c1nc(Cl)c(N)nc1N.[I-]. The lowest BCUT2D eigenvalue weighted by atomic mass is 10.0. The van der Waals surface area contributed by atoms with E-state index in [0.29, 0.717) is 12.6 Å². The molecule has 0 aromatic carbocycles. The number of halogens is 2. The number of carbonyl (C=O) groups is 1. The van der Waals surface area contributed by atoms with Crippen LogP contribution in [0.4, 0.5) is 11.6 Å². The van der Waals surface area contributed by atoms with E-state index in [0.717, 1.165) is 17.4 Å². The average Bonchev–Trinajstić information content (AvgIpc) is 2.41. The lowest BCUT2D eigenvalue weighted by Crippen LogP contribution is -3.00. The van der Waals surface area contributed by atoms with Crippen molar-refractivity contribution in [3.8, 4) is 0 Å². The number of nitrogens with zero attached hydrogens (tertiary/aromatic N) is 3. The van der Waals surface area contributed by atoms with Crippen LogP contribution in [0.5, 0.6) is 0 Å². The zero-order valence-corrected chi connectivity index (χ0v) is 15.7. The number of quaternary nitrogens is 1. The van der Waals surface area contributed by atoms with E-state index >= 15 is 0 Å². The number of likely N-dealkylation sites (N-methyl/N-ethyl adjacent to an activating group) is 1. The number of piperidine rings is 1. The Kier molecular flexibility index (Phi) is 6.63. The molecule has 2 heterocycles. The van der Waals surface area contributed by atoms with E-state index in [9.17, 15) is 4.79 Å². The number of carbonyl (C=O) groups excluding carboxylic acids is 1. The quantitative estimate of drug-likeness (QED) is 0.361. The van der Waals surface area contributed by atoms with Crippen LogP contribution < -0.4 is 40.8 Å². The second kappa shape index (κ2) is 7.60. The zero-order valence-electron chi connectivity index (χ0n) is 12.8. The largest absolute Gasteiger partial charge is 1.00 e. The zero-order chi connectivity index (χ0) is 15.6. The smallest absolute Gasteiger partial charge is 0.274 e. The summed E-state index contributed by atoms with van der Waals surface area (Å²) in [4.78, 5) is 19.9. The molecule has 1 fully saturated rings. The van der Waals surface area contributed by atoms with Gasteiger partial charge in [-0.3, -0.25) is 4.79 Å². The minimum atomic E-state index is -0.368. The molecule has 0 bridgehead atoms. The number of hydrogen-bond acceptors (Lipinski definition) is 5. The van der Waals surface area contributed by atoms with Crippen molar-refractivity contribution in [2.24, 2.45) is 0 Å². The second-order valence-corrected chi connectivity index (χ2v) is 6.35. The molecule has 5 N–H and O–H groups in total. The topological polar surface area (TPSA) is 107 Å². The van der Waals surface area contributed by atoms with Crippen molar-refractivity contribution in [1.29, 1.82) is 0 Å². The summed E-state index contributed by atoms with van der Waals surface area (Å²) in [6.07, 6.45) is 3.51. The van der Waals surface area contributed by atoms with Gasteiger partial charge in [0.1, 0.15) is 6.04 Å². The van der Waals surface area contributed by atoms with Gasteiger partial charge in [-0.25, -0.2) is 9.97 Å². The Bertz CT molecular complexity index is 554. The van der Waals surface area contributed by atoms with E-state index in [1.54, 1.807) is 0 Å². The number of anilines is 2. The number of amides is 1. The lowest BCUT2D eigenvalue weighted by Gasteiger charge is -2.41. The van der Waals surface area contributed by atoms with Gasteiger partial charge in [0, 0.05) is 6.42 Å². The third-order valence-corrected chi connectivity index (χ3v) is 4.41. The molecule has 1 aromatic heterocycles. The Morgan fingerprint density at radius 3 is 2.64 bits per heavy atom. The van der Waals surface area contributed by atoms with Crippen LogP contribution in [-0.4, -0.2) is 53.6 Å². The van der Waals surface area contributed by atoms with E-state index in [-0.39, 0.29) is 52.4 Å². The van der Waals surface area contributed by atoms with Crippen molar-refractivity contribution in [3.05, 3.63) is 10.8 Å². The molecule has 1 aliphatic heterocycles. The Balaban J connectivity index is 0.00000242. The standard InChI is InChI=1S/C13H21ClN6O.HI/c1-20(2)6-4-3-5-8(20)7-17-13(21)9-11(15)19-12(16)10(14)18-9;/h8H,3-7H2,1-2H3,(H4-,15,16,17,19,21);1H/t8-;/m1./s1. The summed E-state index contributed by atoms with van der Waals surface area (Å²) in [5.41, 5.74) is 11.2. The van der Waals surface area contributed by atoms with Crippen molar-refractivity contribution in [3.63, 3.8) is 0 Å². The highest BCUT2D eigenvalue weighted by Gasteiger charge is 2.31. The Morgan fingerprint density at radius 1 is 1.32 bits per heavy atom. The average molecular weight is 441 g/mol. The lowest BCUT2D eigenvalue weighted by molar-refractivity contribution is -0.918. The van der Waals surface area contributed by atoms with Crippen LogP contribution in [0, 0.1) is 0 Å². The third kappa shape index (κ3) is 4.32. The molecule has 1 atom stereocenters. The Morgan fingerprint density at radius 2 is 2.00 bits per heavy atom. The predicted molar refractivity (Wildman–Crippen MR) is 82.8 cm³/mol. The molecule has 0 unspecified atom stereocenters. The first-order valence-electron chi connectivity index (χ1n) is 7.00. The number of nitrogens with two attached hydrogens (primary N) is 2. The molecule has 0 saturated carbocycles. The Labute approximate surface area is 152 Å². The summed E-state index contributed by atoms with van der Waals surface area (Å²) in [7, 11) is 4.37. The van der Waals surface area contributed by atoms with Gasteiger partial charge < -0.3 is 45.2 Å². The molecule has 1 aliphatic rings. The second-order valence-electron chi connectivity index (χ2n) is 6.00. The highest BCUT2D eigenvalue weighted by atomic mass is 127. The monoisotopic (exact) mass is 440 g/mol. The van der Waals surface area contributed by atoms with Crippen LogP contribution >= 0.6 is 11.6 Å². The third-order valence-electron chi connectivity index (χ3n) is 4.13. The molecule has 9 heteroatoms. The van der Waals surface area contributed by atoms with Crippen molar-refractivity contribution in [1.82, 2.24) is 15.3 Å². The van der Waals surface area contributed by atoms with Crippen LogP contribution in [0.15, 0.2) is 0 Å². The van der Waals surface area contributed by atoms with Crippen LogP contribution in [0.3, 0.4) is 0 Å². The van der Waals surface area contributed by atoms with Gasteiger partial charge in [0.05, 0.1) is 27.2 Å². The highest BCUT2D eigenvalue weighted by molar-refractivity contribution is 6.31. The van der Waals surface area contributed by atoms with Crippen LogP contribution in [0.1, 0.15) is 29.8 Å². The molecule has 0 spiro atoms. The summed E-state index contributed by atoms with van der Waals surface area (Å²) in [5, 5.41) is 2.86. The maximum atomic E-state index is 12.2. The fourth-order valence-electron chi connectivity index (χ4n) is 2.68. The minimum Gasteiger partial charge on any atom is -1.00 e. The van der Waals surface area contributed by atoms with Gasteiger partial charge in [-0.2, -0.15) is 0 Å². The van der Waals surface area contributed by atoms with Gasteiger partial charge in [0.15, 0.2) is 22.5 Å². The molecule has 1 aromatic rings. The first-order valence-corrected chi connectivity index (χ1v) is 7.38. The maximum absolute atomic E-state index is 12.2. The molecule has 124 valence electrons. The fourth-order valence-corrected chi connectivity index (χ4v) is 2.81. The number of nitrogen functional groups attached to an aromatic ring is 2. The van der Waals surface area contributed by atoms with Crippen LogP contribution in [0.25, 0.3) is 0 Å². The van der Waals surface area contributed by atoms with E-state index in [4.69, 9.17) is 23.1 Å². The fraction of sp³-hybridized carbons (Fsp3) is 0.615. The molecule has 0 aliphatic carbocycles. The van der Waals surface area contributed by atoms with Crippen LogP contribution in [-0.2, 0) is 0 Å². The van der Waals surface area contributed by atoms with E-state index < -0.39 is 0 Å². The summed E-state index contributed by atoms with van der Waals surface area (Å²) >= 11 is 5.79.